The number of Topliss-reactive ketones (excluding diaryl/α,β-unsaturated/α-hetero) is 1. The molecule has 11 heteroatoms. The zero-order valence-electron chi connectivity index (χ0n) is 32.3. The molecular weight excluding hydrogens is 721 g/mol. The van der Waals surface area contributed by atoms with Crippen molar-refractivity contribution in [1.82, 2.24) is 9.80 Å². The maximum absolute atomic E-state index is 15.3. The van der Waals surface area contributed by atoms with Crippen molar-refractivity contribution in [2.75, 3.05) is 52.3 Å². The van der Waals surface area contributed by atoms with Gasteiger partial charge < -0.3 is 19.7 Å². The molecule has 2 aliphatic rings. The zero-order valence-corrected chi connectivity index (χ0v) is 33.1. The Morgan fingerprint density at radius 3 is 2.35 bits per heavy atom. The standard InChI is InChI=1S/C44H51F2N3O5S/c1-44(2)28-48(19-8-22-53-3)20-21-49(44)27-30-9-7-10-32(23-30)38(50)26-40-41(35-11-5-6-12-39(35)55-40)42(51)47-33-24-36(45)34(37(46)25-33)18-15-29-13-16-31(17-14-29)43(52)54-4/h7,9-10,13-14,16-17,23-25H,5-6,8,11-12,15,18-22,26-28H2,1-4H3,(H,47,51). The number of benzene rings is 3. The number of hydrogen-bond acceptors (Lipinski definition) is 8. The van der Waals surface area contributed by atoms with Crippen LogP contribution in [0.2, 0.25) is 0 Å². The summed E-state index contributed by atoms with van der Waals surface area (Å²) in [5, 5.41) is 2.75. The Morgan fingerprint density at radius 1 is 0.891 bits per heavy atom. The minimum atomic E-state index is -0.753. The van der Waals surface area contributed by atoms with Crippen LogP contribution in [0.4, 0.5) is 14.5 Å². The quantitative estimate of drug-likeness (QED) is 0.0743. The third kappa shape index (κ3) is 9.94. The number of hydrogen-bond donors (Lipinski definition) is 1. The maximum Gasteiger partial charge on any atom is 0.337 e. The lowest BCUT2D eigenvalue weighted by Crippen LogP contribution is -2.58. The first-order valence-electron chi connectivity index (χ1n) is 19.1. The van der Waals surface area contributed by atoms with Crippen LogP contribution < -0.4 is 5.32 Å². The monoisotopic (exact) mass is 771 g/mol. The first kappa shape index (κ1) is 40.4. The van der Waals surface area contributed by atoms with E-state index in [1.807, 2.05) is 18.2 Å². The molecular formula is C44H51F2N3O5S. The fourth-order valence-corrected chi connectivity index (χ4v) is 9.22. The average molecular weight is 772 g/mol. The molecule has 55 heavy (non-hydrogen) atoms. The van der Waals surface area contributed by atoms with Crippen molar-refractivity contribution in [1.29, 1.82) is 0 Å². The summed E-state index contributed by atoms with van der Waals surface area (Å²) in [6, 6.07) is 16.8. The largest absolute Gasteiger partial charge is 0.465 e. The number of halogens is 2. The van der Waals surface area contributed by atoms with Crippen molar-refractivity contribution >= 4 is 34.7 Å². The van der Waals surface area contributed by atoms with Gasteiger partial charge >= 0.3 is 5.97 Å². The molecule has 4 aromatic rings. The van der Waals surface area contributed by atoms with Crippen molar-refractivity contribution in [2.24, 2.45) is 0 Å². The first-order valence-corrected chi connectivity index (χ1v) is 20.0. The molecule has 1 aliphatic carbocycles. The minimum absolute atomic E-state index is 0.0191. The third-order valence-corrected chi connectivity index (χ3v) is 12.1. The van der Waals surface area contributed by atoms with Crippen molar-refractivity contribution in [3.63, 3.8) is 0 Å². The highest BCUT2D eigenvalue weighted by Gasteiger charge is 2.33. The van der Waals surface area contributed by atoms with Gasteiger partial charge in [0, 0.05) is 85.0 Å². The van der Waals surface area contributed by atoms with Gasteiger partial charge in [-0.05, 0) is 106 Å². The summed E-state index contributed by atoms with van der Waals surface area (Å²) in [6.45, 7) is 9.92. The van der Waals surface area contributed by atoms with Gasteiger partial charge in [0.05, 0.1) is 18.2 Å². The topological polar surface area (TPSA) is 88.2 Å². The number of fused-ring (bicyclic) bond motifs is 1. The van der Waals surface area contributed by atoms with E-state index >= 15 is 8.78 Å². The first-order chi connectivity index (χ1) is 26.4. The van der Waals surface area contributed by atoms with Gasteiger partial charge in [0.2, 0.25) is 0 Å². The van der Waals surface area contributed by atoms with Crippen LogP contribution in [0.1, 0.15) is 96.2 Å². The fraction of sp³-hybridized carbons (Fsp3) is 0.432. The number of anilines is 1. The number of carbonyl (C=O) groups excluding carboxylic acids is 3. The molecule has 0 unspecified atom stereocenters. The van der Waals surface area contributed by atoms with Gasteiger partial charge in [-0.2, -0.15) is 0 Å². The summed E-state index contributed by atoms with van der Waals surface area (Å²) in [5.41, 5.74) is 4.17. The lowest BCUT2D eigenvalue weighted by molar-refractivity contribution is 0.0109. The van der Waals surface area contributed by atoms with E-state index in [0.29, 0.717) is 28.0 Å². The number of ether oxygens (including phenoxy) is 2. The zero-order chi connectivity index (χ0) is 39.1. The fourth-order valence-electron chi connectivity index (χ4n) is 7.83. The Labute approximate surface area is 326 Å². The highest BCUT2D eigenvalue weighted by molar-refractivity contribution is 7.12. The SMILES string of the molecule is COCCCN1CCN(Cc2cccc(C(=O)Cc3sc4c(c3C(=O)Nc3cc(F)c(CCc5ccc(C(=O)OC)cc5)c(F)c3)CCCC4)c2)C(C)(C)C1. The van der Waals surface area contributed by atoms with E-state index in [1.165, 1.54) is 18.4 Å². The summed E-state index contributed by atoms with van der Waals surface area (Å²) < 4.78 is 40.6. The third-order valence-electron chi connectivity index (χ3n) is 10.8. The minimum Gasteiger partial charge on any atom is -0.465 e. The molecule has 0 saturated carbocycles. The van der Waals surface area contributed by atoms with Gasteiger partial charge in [0.1, 0.15) is 11.6 Å². The highest BCUT2D eigenvalue weighted by Crippen LogP contribution is 2.36. The van der Waals surface area contributed by atoms with Gasteiger partial charge in [0.15, 0.2) is 5.78 Å². The molecule has 1 fully saturated rings. The molecule has 0 atom stereocenters. The Kier molecular flexibility index (Phi) is 13.3. The van der Waals surface area contributed by atoms with Crippen LogP contribution >= 0.6 is 11.3 Å². The normalized spacial score (nSPS) is 15.7. The number of amides is 1. The molecule has 2 heterocycles. The van der Waals surface area contributed by atoms with E-state index in [9.17, 15) is 14.4 Å². The van der Waals surface area contributed by atoms with Crippen LogP contribution in [0.15, 0.2) is 60.7 Å². The van der Waals surface area contributed by atoms with Gasteiger partial charge in [0.25, 0.3) is 5.91 Å². The maximum atomic E-state index is 15.3. The summed E-state index contributed by atoms with van der Waals surface area (Å²) in [4.78, 5) is 46.3. The molecule has 8 nitrogen and oxygen atoms in total. The highest BCUT2D eigenvalue weighted by atomic mass is 32.1. The molecule has 292 valence electrons. The van der Waals surface area contributed by atoms with Crippen LogP contribution in [0, 0.1) is 11.6 Å². The van der Waals surface area contributed by atoms with Gasteiger partial charge in [-0.25, -0.2) is 13.6 Å². The van der Waals surface area contributed by atoms with E-state index in [-0.39, 0.29) is 35.4 Å². The van der Waals surface area contributed by atoms with E-state index < -0.39 is 23.5 Å². The second kappa shape index (κ2) is 18.1. The summed E-state index contributed by atoms with van der Waals surface area (Å²) in [5.74, 6) is -2.49. The summed E-state index contributed by atoms with van der Waals surface area (Å²) in [6.07, 6.45) is 5.02. The Hall–Kier alpha value is -4.29. The Balaban J connectivity index is 1.13. The van der Waals surface area contributed by atoms with Crippen LogP contribution in [0.3, 0.4) is 0 Å². The van der Waals surface area contributed by atoms with E-state index in [4.69, 9.17) is 9.47 Å². The number of methoxy groups -OCH3 is 2. The number of esters is 1. The second-order valence-electron chi connectivity index (χ2n) is 15.2. The summed E-state index contributed by atoms with van der Waals surface area (Å²) >= 11 is 1.50. The predicted molar refractivity (Wildman–Crippen MR) is 212 cm³/mol. The van der Waals surface area contributed by atoms with Gasteiger partial charge in [-0.15, -0.1) is 11.3 Å². The predicted octanol–water partition coefficient (Wildman–Crippen LogP) is 8.09. The molecule has 0 bridgehead atoms. The number of ketones is 1. The Morgan fingerprint density at radius 2 is 1.64 bits per heavy atom. The molecule has 0 radical (unpaired) electrons. The van der Waals surface area contributed by atoms with Crippen molar-refractivity contribution < 1.29 is 32.6 Å². The smallest absolute Gasteiger partial charge is 0.337 e. The van der Waals surface area contributed by atoms with Crippen molar-refractivity contribution in [3.8, 4) is 0 Å². The molecule has 0 spiro atoms. The average Bonchev–Trinajstić information content (AvgIpc) is 3.53. The van der Waals surface area contributed by atoms with E-state index in [1.54, 1.807) is 31.4 Å². The molecule has 1 amide bonds. The number of carbonyl (C=O) groups is 3. The van der Waals surface area contributed by atoms with Crippen LogP contribution in [0.5, 0.6) is 0 Å². The second-order valence-corrected chi connectivity index (χ2v) is 16.4. The number of nitrogens with zero attached hydrogens (tertiary/aromatic N) is 2. The van der Waals surface area contributed by atoms with Crippen molar-refractivity contribution in [2.45, 2.75) is 77.3 Å². The van der Waals surface area contributed by atoms with Gasteiger partial charge in [-0.3, -0.25) is 14.5 Å². The molecule has 1 aromatic heterocycles. The molecule has 1 N–H and O–H groups in total. The molecule has 1 aliphatic heterocycles. The number of rotatable bonds is 15. The van der Waals surface area contributed by atoms with E-state index in [0.717, 1.165) is 105 Å². The lowest BCUT2D eigenvalue weighted by Gasteiger charge is -2.47. The van der Waals surface area contributed by atoms with Crippen LogP contribution in [0.25, 0.3) is 0 Å². The van der Waals surface area contributed by atoms with E-state index in [2.05, 4.69) is 35.0 Å². The lowest BCUT2D eigenvalue weighted by atomic mass is 9.93. The van der Waals surface area contributed by atoms with Crippen molar-refractivity contribution in [3.05, 3.63) is 121 Å². The number of thiophene rings is 1. The molecule has 6 rings (SSSR count). The van der Waals surface area contributed by atoms with Crippen LogP contribution in [-0.4, -0.2) is 80.0 Å². The Bertz CT molecular complexity index is 1990. The number of nitrogens with one attached hydrogen (secondary N) is 1. The number of aryl methyl sites for hydroxylation is 2. The van der Waals surface area contributed by atoms with Gasteiger partial charge in [-0.1, -0.05) is 30.3 Å². The molecule has 1 saturated heterocycles. The molecule has 3 aromatic carbocycles. The summed E-state index contributed by atoms with van der Waals surface area (Å²) in [7, 11) is 3.04. The van der Waals surface area contributed by atoms with Crippen LogP contribution in [-0.2, 0) is 48.1 Å². The number of piperazine rings is 1.